The lowest BCUT2D eigenvalue weighted by Gasteiger charge is -2.39. The molecule has 1 aromatic heterocycles. The number of piperidine rings is 1. The van der Waals surface area contributed by atoms with Gasteiger partial charge in [-0.05, 0) is 66.9 Å². The van der Waals surface area contributed by atoms with E-state index in [-0.39, 0.29) is 5.91 Å². The van der Waals surface area contributed by atoms with Gasteiger partial charge in [-0.25, -0.2) is 5.01 Å². The Morgan fingerprint density at radius 2 is 1.66 bits per heavy atom. The molecular formula is C25H25Cl2N3O2. The molecule has 3 aromatic rings. The van der Waals surface area contributed by atoms with Crippen molar-refractivity contribution in [2.24, 2.45) is 0 Å². The second-order valence-corrected chi connectivity index (χ2v) is 9.09. The number of hydrazine groups is 1. The summed E-state index contributed by atoms with van der Waals surface area (Å²) in [5.41, 5.74) is 4.46. The molecule has 0 N–H and O–H groups in total. The van der Waals surface area contributed by atoms with Crippen LogP contribution in [0.15, 0.2) is 48.5 Å². The quantitative estimate of drug-likeness (QED) is 0.480. The maximum atomic E-state index is 13.6. The van der Waals surface area contributed by atoms with Gasteiger partial charge in [0.25, 0.3) is 5.91 Å². The SMILES string of the molecule is COc1ccc(-c2cc3c(n2-c2ccc(Cl)cc2Cl)CCN(N2CCCCC2)C3=O)cc1. The number of hydrogen-bond donors (Lipinski definition) is 0. The van der Waals surface area contributed by atoms with Crippen LogP contribution in [0.3, 0.4) is 0 Å². The Morgan fingerprint density at radius 1 is 0.906 bits per heavy atom. The van der Waals surface area contributed by atoms with Gasteiger partial charge in [-0.2, -0.15) is 0 Å². The van der Waals surface area contributed by atoms with Gasteiger partial charge in [-0.15, -0.1) is 0 Å². The van der Waals surface area contributed by atoms with Crippen LogP contribution in [0.1, 0.15) is 35.3 Å². The highest BCUT2D eigenvalue weighted by molar-refractivity contribution is 6.35. The third-order valence-corrected chi connectivity index (χ3v) is 6.88. The predicted molar refractivity (Wildman–Crippen MR) is 128 cm³/mol. The molecule has 32 heavy (non-hydrogen) atoms. The number of hydrogen-bond acceptors (Lipinski definition) is 3. The van der Waals surface area contributed by atoms with Gasteiger partial charge in [-0.3, -0.25) is 9.80 Å². The van der Waals surface area contributed by atoms with Crippen LogP contribution in [0, 0.1) is 0 Å². The van der Waals surface area contributed by atoms with Gasteiger partial charge in [0.05, 0.1) is 29.1 Å². The van der Waals surface area contributed by atoms with Crippen molar-refractivity contribution in [1.82, 2.24) is 14.6 Å². The van der Waals surface area contributed by atoms with E-state index in [1.807, 2.05) is 47.5 Å². The highest BCUT2D eigenvalue weighted by atomic mass is 35.5. The molecule has 2 aliphatic rings. The first-order valence-corrected chi connectivity index (χ1v) is 11.7. The number of aromatic nitrogens is 1. The minimum Gasteiger partial charge on any atom is -0.497 e. The van der Waals surface area contributed by atoms with Crippen molar-refractivity contribution >= 4 is 29.1 Å². The molecule has 0 saturated carbocycles. The fourth-order valence-corrected chi connectivity index (χ4v) is 5.23. The Morgan fingerprint density at radius 3 is 2.34 bits per heavy atom. The molecule has 166 valence electrons. The second-order valence-electron chi connectivity index (χ2n) is 8.24. The zero-order valence-electron chi connectivity index (χ0n) is 18.0. The number of methoxy groups -OCH3 is 1. The van der Waals surface area contributed by atoms with Gasteiger partial charge in [0, 0.05) is 36.8 Å². The molecule has 0 unspecified atom stereocenters. The van der Waals surface area contributed by atoms with Crippen LogP contribution in [0.4, 0.5) is 0 Å². The standard InChI is InChI=1S/C25H25Cl2N3O2/c1-32-19-8-5-17(6-9-19)24-16-20-22(30(24)23-10-7-18(26)15-21(23)27)11-14-29(25(20)31)28-12-3-2-4-13-28/h5-10,15-16H,2-4,11-14H2,1H3. The van der Waals surface area contributed by atoms with Crippen LogP contribution >= 0.6 is 23.2 Å². The molecule has 3 heterocycles. The van der Waals surface area contributed by atoms with E-state index in [2.05, 4.69) is 9.58 Å². The number of fused-ring (bicyclic) bond motifs is 1. The lowest BCUT2D eigenvalue weighted by molar-refractivity contribution is -0.0237. The van der Waals surface area contributed by atoms with Crippen LogP contribution in [0.2, 0.25) is 10.0 Å². The molecule has 7 heteroatoms. The number of ether oxygens (including phenoxy) is 1. The highest BCUT2D eigenvalue weighted by Gasteiger charge is 2.33. The topological polar surface area (TPSA) is 37.7 Å². The minimum absolute atomic E-state index is 0.0618. The molecular weight excluding hydrogens is 445 g/mol. The predicted octanol–water partition coefficient (Wildman–Crippen LogP) is 5.86. The first kappa shape index (κ1) is 21.4. The average molecular weight is 470 g/mol. The number of rotatable bonds is 4. The maximum Gasteiger partial charge on any atom is 0.270 e. The number of benzene rings is 2. The third kappa shape index (κ3) is 3.79. The summed E-state index contributed by atoms with van der Waals surface area (Å²) >= 11 is 12.8. The van der Waals surface area contributed by atoms with Crippen molar-refractivity contribution < 1.29 is 9.53 Å². The van der Waals surface area contributed by atoms with Crippen molar-refractivity contribution in [3.8, 4) is 22.7 Å². The van der Waals surface area contributed by atoms with Crippen molar-refractivity contribution in [1.29, 1.82) is 0 Å². The van der Waals surface area contributed by atoms with E-state index in [0.29, 0.717) is 16.6 Å². The normalized spacial score (nSPS) is 16.8. The first-order valence-electron chi connectivity index (χ1n) is 11.0. The molecule has 0 aliphatic carbocycles. The number of carbonyl (C=O) groups excluding carboxylic acids is 1. The summed E-state index contributed by atoms with van der Waals surface area (Å²) in [6, 6.07) is 15.4. The first-order chi connectivity index (χ1) is 15.6. The molecule has 1 amide bonds. The second kappa shape index (κ2) is 8.81. The molecule has 2 aliphatic heterocycles. The summed E-state index contributed by atoms with van der Waals surface area (Å²) in [4.78, 5) is 13.6. The van der Waals surface area contributed by atoms with E-state index in [9.17, 15) is 4.79 Å². The summed E-state index contributed by atoms with van der Waals surface area (Å²) in [6.07, 6.45) is 4.26. The van der Waals surface area contributed by atoms with Gasteiger partial charge in [0.15, 0.2) is 0 Å². The Balaban J connectivity index is 1.64. The fraction of sp³-hybridized carbons (Fsp3) is 0.320. The van der Waals surface area contributed by atoms with Gasteiger partial charge in [-0.1, -0.05) is 29.6 Å². The summed E-state index contributed by atoms with van der Waals surface area (Å²) in [5.74, 6) is 0.847. The molecule has 2 aromatic carbocycles. The monoisotopic (exact) mass is 469 g/mol. The smallest absolute Gasteiger partial charge is 0.270 e. The van der Waals surface area contributed by atoms with Gasteiger partial charge in [0.2, 0.25) is 0 Å². The maximum absolute atomic E-state index is 13.6. The Kier molecular flexibility index (Phi) is 5.89. The van der Waals surface area contributed by atoms with E-state index in [1.165, 1.54) is 6.42 Å². The highest BCUT2D eigenvalue weighted by Crippen LogP contribution is 2.37. The largest absolute Gasteiger partial charge is 0.497 e. The van der Waals surface area contributed by atoms with E-state index in [0.717, 1.165) is 66.3 Å². The van der Waals surface area contributed by atoms with Crippen molar-refractivity contribution in [3.05, 3.63) is 69.8 Å². The number of nitrogens with zero attached hydrogens (tertiary/aromatic N) is 3. The van der Waals surface area contributed by atoms with Crippen molar-refractivity contribution in [2.45, 2.75) is 25.7 Å². The zero-order chi connectivity index (χ0) is 22.2. The summed E-state index contributed by atoms with van der Waals surface area (Å²) in [5, 5.41) is 5.29. The molecule has 0 radical (unpaired) electrons. The number of amides is 1. The van der Waals surface area contributed by atoms with Crippen molar-refractivity contribution in [2.75, 3.05) is 26.7 Å². The lowest BCUT2D eigenvalue weighted by Crippen LogP contribution is -2.51. The molecule has 5 nitrogen and oxygen atoms in total. The van der Waals surface area contributed by atoms with E-state index < -0.39 is 0 Å². The fourth-order valence-electron chi connectivity index (χ4n) is 4.73. The molecule has 5 rings (SSSR count). The molecule has 1 fully saturated rings. The van der Waals surface area contributed by atoms with Crippen LogP contribution in [0.5, 0.6) is 5.75 Å². The van der Waals surface area contributed by atoms with Gasteiger partial charge >= 0.3 is 0 Å². The number of carbonyl (C=O) groups is 1. The molecule has 0 spiro atoms. The average Bonchev–Trinajstić information content (AvgIpc) is 3.20. The number of halogens is 2. The van der Waals surface area contributed by atoms with Crippen LogP contribution < -0.4 is 4.74 Å². The van der Waals surface area contributed by atoms with Gasteiger partial charge < -0.3 is 9.30 Å². The third-order valence-electron chi connectivity index (χ3n) is 6.34. The van der Waals surface area contributed by atoms with Crippen molar-refractivity contribution in [3.63, 3.8) is 0 Å². The molecule has 0 bridgehead atoms. The van der Waals surface area contributed by atoms with Crippen LogP contribution in [-0.2, 0) is 6.42 Å². The summed E-state index contributed by atoms with van der Waals surface area (Å²) < 4.78 is 7.44. The van der Waals surface area contributed by atoms with E-state index in [1.54, 1.807) is 13.2 Å². The Bertz CT molecular complexity index is 1150. The van der Waals surface area contributed by atoms with E-state index >= 15 is 0 Å². The van der Waals surface area contributed by atoms with Crippen LogP contribution in [-0.4, -0.2) is 47.2 Å². The Hall–Kier alpha value is -2.47. The zero-order valence-corrected chi connectivity index (χ0v) is 19.5. The Labute approximate surface area is 198 Å². The van der Waals surface area contributed by atoms with Gasteiger partial charge in [0.1, 0.15) is 5.75 Å². The lowest BCUT2D eigenvalue weighted by atomic mass is 10.1. The van der Waals surface area contributed by atoms with E-state index in [4.69, 9.17) is 27.9 Å². The molecule has 0 atom stereocenters. The summed E-state index contributed by atoms with van der Waals surface area (Å²) in [6.45, 7) is 2.55. The minimum atomic E-state index is 0.0618. The summed E-state index contributed by atoms with van der Waals surface area (Å²) in [7, 11) is 1.65. The molecule has 1 saturated heterocycles. The van der Waals surface area contributed by atoms with Crippen LogP contribution in [0.25, 0.3) is 16.9 Å².